The molecule has 0 aliphatic heterocycles. The third-order valence-electron chi connectivity index (χ3n) is 3.96. The van der Waals surface area contributed by atoms with Crippen LogP contribution >= 0.6 is 0 Å². The van der Waals surface area contributed by atoms with Crippen LogP contribution in [0.15, 0.2) is 30.5 Å². The molecule has 1 aromatic heterocycles. The Balaban J connectivity index is 1.94. The molecular weight excluding hydrogens is 250 g/mol. The van der Waals surface area contributed by atoms with Crippen LogP contribution in [0.25, 0.3) is 10.9 Å². The van der Waals surface area contributed by atoms with E-state index >= 15 is 0 Å². The van der Waals surface area contributed by atoms with E-state index in [-0.39, 0.29) is 0 Å². The molecule has 3 heteroatoms. The minimum absolute atomic E-state index is 0.616. The lowest BCUT2D eigenvalue weighted by molar-refractivity contribution is -0.147. The van der Waals surface area contributed by atoms with Gasteiger partial charge in [0.1, 0.15) is 0 Å². The fourth-order valence-corrected chi connectivity index (χ4v) is 2.44. The summed E-state index contributed by atoms with van der Waals surface area (Å²) in [7, 11) is 0. The number of hydrogen-bond acceptors (Lipinski definition) is 1. The molecule has 0 bridgehead atoms. The number of aromatic nitrogens is 1. The zero-order valence-corrected chi connectivity index (χ0v) is 12.5. The predicted molar refractivity (Wildman–Crippen MR) is 81.9 cm³/mol. The molecule has 0 aliphatic rings. The molecule has 0 fully saturated rings. The van der Waals surface area contributed by atoms with E-state index in [1.165, 1.54) is 16.5 Å². The van der Waals surface area contributed by atoms with Crippen LogP contribution in [0.3, 0.4) is 0 Å². The first-order chi connectivity index (χ1) is 9.40. The Morgan fingerprint density at radius 1 is 1.25 bits per heavy atom. The lowest BCUT2D eigenvalue weighted by Gasteiger charge is -2.18. The van der Waals surface area contributed by atoms with Gasteiger partial charge in [-0.05, 0) is 56.7 Å². The molecule has 1 N–H and O–H groups in total. The van der Waals surface area contributed by atoms with Gasteiger partial charge in [0.15, 0.2) is 0 Å². The normalized spacial score (nSPS) is 11.9. The largest absolute Gasteiger partial charge is 0.481 e. The van der Waals surface area contributed by atoms with E-state index in [9.17, 15) is 4.79 Å². The van der Waals surface area contributed by atoms with Crippen molar-refractivity contribution < 1.29 is 9.90 Å². The number of carboxylic acid groups (broad SMARTS) is 1. The average molecular weight is 273 g/mol. The van der Waals surface area contributed by atoms with Gasteiger partial charge in [0.2, 0.25) is 0 Å². The van der Waals surface area contributed by atoms with Crippen molar-refractivity contribution >= 4 is 16.9 Å². The van der Waals surface area contributed by atoms with Crippen molar-refractivity contribution in [2.45, 2.75) is 46.6 Å². The molecule has 20 heavy (non-hydrogen) atoms. The Morgan fingerprint density at radius 3 is 2.70 bits per heavy atom. The standard InChI is InChI=1S/C17H23NO2/c1-13-6-7-14-8-11-18(15(14)12-13)10-5-4-9-17(2,3)16(19)20/h6-8,11-12H,4-5,9-10H2,1-3H3,(H,19,20). The highest BCUT2D eigenvalue weighted by Gasteiger charge is 2.25. The SMILES string of the molecule is Cc1ccc2ccn(CCCCC(C)(C)C(=O)O)c2c1. The van der Waals surface area contributed by atoms with Gasteiger partial charge in [-0.2, -0.15) is 0 Å². The highest BCUT2D eigenvalue weighted by molar-refractivity contribution is 5.80. The highest BCUT2D eigenvalue weighted by Crippen LogP contribution is 2.24. The van der Waals surface area contributed by atoms with Gasteiger partial charge in [0.25, 0.3) is 0 Å². The van der Waals surface area contributed by atoms with E-state index in [0.29, 0.717) is 0 Å². The summed E-state index contributed by atoms with van der Waals surface area (Å²) in [4.78, 5) is 11.1. The van der Waals surface area contributed by atoms with Gasteiger partial charge in [0.05, 0.1) is 5.41 Å². The van der Waals surface area contributed by atoms with Crippen LogP contribution in [-0.4, -0.2) is 15.6 Å². The van der Waals surface area contributed by atoms with Gasteiger partial charge in [-0.15, -0.1) is 0 Å². The highest BCUT2D eigenvalue weighted by atomic mass is 16.4. The lowest BCUT2D eigenvalue weighted by Crippen LogP contribution is -2.23. The summed E-state index contributed by atoms with van der Waals surface area (Å²) in [6.07, 6.45) is 4.78. The van der Waals surface area contributed by atoms with Crippen molar-refractivity contribution in [1.82, 2.24) is 4.57 Å². The molecule has 0 radical (unpaired) electrons. The van der Waals surface area contributed by atoms with Crippen LogP contribution in [0.2, 0.25) is 0 Å². The first-order valence-electron chi connectivity index (χ1n) is 7.19. The summed E-state index contributed by atoms with van der Waals surface area (Å²) in [5.74, 6) is -0.709. The molecular formula is C17H23NO2. The summed E-state index contributed by atoms with van der Waals surface area (Å²) in [6.45, 7) is 6.64. The fraction of sp³-hybridized carbons (Fsp3) is 0.471. The van der Waals surface area contributed by atoms with E-state index in [0.717, 1.165) is 25.8 Å². The maximum atomic E-state index is 11.1. The number of nitrogens with zero attached hydrogens (tertiary/aromatic N) is 1. The fourth-order valence-electron chi connectivity index (χ4n) is 2.44. The third kappa shape index (κ3) is 3.21. The molecule has 1 heterocycles. The number of unbranched alkanes of at least 4 members (excludes halogenated alkanes) is 1. The minimum Gasteiger partial charge on any atom is -0.481 e. The molecule has 1 aromatic carbocycles. The maximum Gasteiger partial charge on any atom is 0.309 e. The van der Waals surface area contributed by atoms with Gasteiger partial charge in [0, 0.05) is 18.3 Å². The number of hydrogen-bond donors (Lipinski definition) is 1. The molecule has 0 spiro atoms. The Kier molecular flexibility index (Phi) is 4.17. The van der Waals surface area contributed by atoms with Crippen LogP contribution < -0.4 is 0 Å². The third-order valence-corrected chi connectivity index (χ3v) is 3.96. The maximum absolute atomic E-state index is 11.1. The molecule has 0 saturated heterocycles. The topological polar surface area (TPSA) is 42.2 Å². The smallest absolute Gasteiger partial charge is 0.309 e. The zero-order chi connectivity index (χ0) is 14.8. The van der Waals surface area contributed by atoms with E-state index in [1.807, 2.05) is 0 Å². The number of benzene rings is 1. The summed E-state index contributed by atoms with van der Waals surface area (Å²) in [5.41, 5.74) is 1.92. The van der Waals surface area contributed by atoms with Crippen molar-refractivity contribution in [2.75, 3.05) is 0 Å². The second kappa shape index (κ2) is 5.70. The van der Waals surface area contributed by atoms with Crippen LogP contribution in [-0.2, 0) is 11.3 Å². The van der Waals surface area contributed by atoms with E-state index in [4.69, 9.17) is 5.11 Å². The van der Waals surface area contributed by atoms with Crippen molar-refractivity contribution in [3.63, 3.8) is 0 Å². The van der Waals surface area contributed by atoms with Crippen LogP contribution in [0.1, 0.15) is 38.7 Å². The molecule has 0 unspecified atom stereocenters. The summed E-state index contributed by atoms with van der Waals surface area (Å²) in [5, 5.41) is 10.4. The first kappa shape index (κ1) is 14.6. The van der Waals surface area contributed by atoms with Crippen LogP contribution in [0.4, 0.5) is 0 Å². The van der Waals surface area contributed by atoms with Gasteiger partial charge in [-0.1, -0.05) is 18.6 Å². The molecule has 0 amide bonds. The molecule has 0 aliphatic carbocycles. The number of aryl methyl sites for hydroxylation is 2. The van der Waals surface area contributed by atoms with Crippen molar-refractivity contribution in [1.29, 1.82) is 0 Å². The number of carbonyl (C=O) groups is 1. The monoisotopic (exact) mass is 273 g/mol. The Labute approximate surface area is 120 Å². The number of aliphatic carboxylic acids is 1. The van der Waals surface area contributed by atoms with Crippen LogP contribution in [0.5, 0.6) is 0 Å². The Hall–Kier alpha value is -1.77. The molecule has 3 nitrogen and oxygen atoms in total. The van der Waals surface area contributed by atoms with Gasteiger partial charge in [-0.25, -0.2) is 0 Å². The van der Waals surface area contributed by atoms with Gasteiger partial charge in [-0.3, -0.25) is 4.79 Å². The molecule has 2 rings (SSSR count). The van der Waals surface area contributed by atoms with E-state index in [1.54, 1.807) is 13.8 Å². The first-order valence-corrected chi connectivity index (χ1v) is 7.19. The minimum atomic E-state index is -0.709. The zero-order valence-electron chi connectivity index (χ0n) is 12.5. The Bertz CT molecular complexity index is 610. The van der Waals surface area contributed by atoms with Crippen molar-refractivity contribution in [3.8, 4) is 0 Å². The summed E-state index contributed by atoms with van der Waals surface area (Å²) in [6, 6.07) is 8.61. The second-order valence-electron chi connectivity index (χ2n) is 6.22. The molecule has 2 aromatic rings. The van der Waals surface area contributed by atoms with Crippen LogP contribution in [0, 0.1) is 12.3 Å². The molecule has 108 valence electrons. The predicted octanol–water partition coefficient (Wildman–Crippen LogP) is 4.23. The van der Waals surface area contributed by atoms with Crippen molar-refractivity contribution in [2.24, 2.45) is 5.41 Å². The summed E-state index contributed by atoms with van der Waals surface area (Å²) >= 11 is 0. The summed E-state index contributed by atoms with van der Waals surface area (Å²) < 4.78 is 2.26. The number of carboxylic acids is 1. The van der Waals surface area contributed by atoms with Crippen molar-refractivity contribution in [3.05, 3.63) is 36.0 Å². The second-order valence-corrected chi connectivity index (χ2v) is 6.22. The number of fused-ring (bicyclic) bond motifs is 1. The van der Waals surface area contributed by atoms with Gasteiger partial charge >= 0.3 is 5.97 Å². The quantitative estimate of drug-likeness (QED) is 0.800. The lowest BCUT2D eigenvalue weighted by atomic mass is 9.87. The average Bonchev–Trinajstić information content (AvgIpc) is 2.77. The van der Waals surface area contributed by atoms with E-state index < -0.39 is 11.4 Å². The molecule has 0 atom stereocenters. The molecule has 0 saturated carbocycles. The Morgan fingerprint density at radius 2 is 2.00 bits per heavy atom. The number of rotatable bonds is 6. The van der Waals surface area contributed by atoms with Gasteiger partial charge < -0.3 is 9.67 Å². The van der Waals surface area contributed by atoms with E-state index in [2.05, 4.69) is 42.0 Å².